The fourth-order valence-electron chi connectivity index (χ4n) is 18.9. The Kier molecular flexibility index (Phi) is 46.7. The van der Waals surface area contributed by atoms with E-state index in [0.29, 0.717) is 80.6 Å². The Labute approximate surface area is 610 Å². The number of esters is 7. The van der Waals surface area contributed by atoms with Crippen molar-refractivity contribution in [2.75, 3.05) is 33.0 Å². The maximum Gasteiger partial charge on any atom is 0.312 e. The topological polar surface area (TPSA) is 203 Å². The van der Waals surface area contributed by atoms with E-state index in [0.717, 1.165) is 126 Å². The second kappa shape index (κ2) is 50.6. The average molecular weight is 1420 g/mol. The van der Waals surface area contributed by atoms with E-state index in [4.69, 9.17) is 42.6 Å². The van der Waals surface area contributed by atoms with Gasteiger partial charge in [-0.3, -0.25) is 33.6 Å². The summed E-state index contributed by atoms with van der Waals surface area (Å²) in [4.78, 5) is 76.8. The highest BCUT2D eigenvalue weighted by atomic mass is 16.6. The predicted molar refractivity (Wildman–Crippen MR) is 400 cm³/mol. The van der Waals surface area contributed by atoms with Gasteiger partial charge in [0, 0.05) is 24.9 Å². The molecular formula is C84H152O16. The number of hydrogen-bond donors (Lipinski definition) is 0. The van der Waals surface area contributed by atoms with Gasteiger partial charge in [0.25, 0.3) is 0 Å². The summed E-state index contributed by atoms with van der Waals surface area (Å²) in [5, 5.41) is 0. The van der Waals surface area contributed by atoms with Gasteiger partial charge in [-0.05, 0) is 196 Å². The fraction of sp³-hybridized carbons (Fsp3) is 0.917. The van der Waals surface area contributed by atoms with E-state index in [1.807, 2.05) is 138 Å². The molecule has 0 aromatic carbocycles. The number of cyclic esters (lactones) is 3. The molecule has 2 spiro atoms. The van der Waals surface area contributed by atoms with Gasteiger partial charge in [0.05, 0.1) is 74.0 Å². The van der Waals surface area contributed by atoms with Gasteiger partial charge in [0.1, 0.15) is 30.5 Å². The highest BCUT2D eigenvalue weighted by Crippen LogP contribution is 2.60. The minimum absolute atomic E-state index is 0.00289. The van der Waals surface area contributed by atoms with Crippen LogP contribution in [-0.2, 0) is 76.2 Å². The summed E-state index contributed by atoms with van der Waals surface area (Å²) in [6.07, 6.45) is 38.9. The van der Waals surface area contributed by atoms with Crippen LogP contribution in [0.3, 0.4) is 0 Å². The molecule has 12 heterocycles. The van der Waals surface area contributed by atoms with Crippen molar-refractivity contribution >= 4 is 41.8 Å². The lowest BCUT2D eigenvalue weighted by molar-refractivity contribution is -0.170. The number of rotatable bonds is 0. The smallest absolute Gasteiger partial charge is 0.312 e. The quantitative estimate of drug-likeness (QED) is 0.163. The maximum atomic E-state index is 11.6. The second-order valence-corrected chi connectivity index (χ2v) is 28.1. The molecule has 12 aliphatic heterocycles. The van der Waals surface area contributed by atoms with Crippen molar-refractivity contribution in [3.63, 3.8) is 0 Å². The van der Waals surface area contributed by atoms with Crippen LogP contribution < -0.4 is 0 Å². The van der Waals surface area contributed by atoms with Crippen molar-refractivity contribution in [1.82, 2.24) is 0 Å². The van der Waals surface area contributed by atoms with Crippen molar-refractivity contribution in [3.8, 4) is 0 Å². The van der Waals surface area contributed by atoms with Gasteiger partial charge in [-0.2, -0.15) is 0 Å². The van der Waals surface area contributed by atoms with Gasteiger partial charge in [-0.1, -0.05) is 171 Å². The van der Waals surface area contributed by atoms with Crippen LogP contribution in [-0.4, -0.2) is 111 Å². The summed E-state index contributed by atoms with van der Waals surface area (Å²) in [6, 6.07) is 0. The molecule has 0 N–H and O–H groups in total. The van der Waals surface area contributed by atoms with Gasteiger partial charge in [0.2, 0.25) is 0 Å². The SMILES string of the molecule is C1OC2CC3CC1CC(C3)C2.CC.CC.CC.CC.CC.CC.CC.CC.CC.CC.O=C1CC2CCCC2O1.O=C1CC2OCCC2O1.O=C1OC2CC3CC2CC13.O=C1OC2CCC1CC2.O=C1OCC2CCCC12.O=C1OCCC12CC1CCC2C1.O=C1OCCC12CCCCC2. The maximum absolute atomic E-state index is 11.6. The molecule has 10 saturated carbocycles. The van der Waals surface area contributed by atoms with Crippen LogP contribution in [0, 0.1) is 81.8 Å². The summed E-state index contributed by atoms with van der Waals surface area (Å²) < 4.78 is 46.2. The molecule has 15 unspecified atom stereocenters. The molecule has 22 aliphatic rings. The molecule has 584 valence electrons. The van der Waals surface area contributed by atoms with Gasteiger partial charge in [-0.25, -0.2) is 0 Å². The lowest BCUT2D eigenvalue weighted by Crippen LogP contribution is -2.39. The fourth-order valence-corrected chi connectivity index (χ4v) is 18.9. The first-order chi connectivity index (χ1) is 48.8. The lowest BCUT2D eigenvalue weighted by atomic mass is 9.68. The Bertz CT molecular complexity index is 2160. The number of hydrogen-bond acceptors (Lipinski definition) is 16. The molecule has 16 heteroatoms. The predicted octanol–water partition coefficient (Wildman–Crippen LogP) is 20.3. The van der Waals surface area contributed by atoms with E-state index in [9.17, 15) is 33.6 Å². The standard InChI is InChI=1S/C10H14O2.C10H16O.C9H14O2.C8H10O2.3C7H10O2.C6H8O3.10C2H6/c11-9-10(3-4-12-9)6-7-1-2-8(10)5-7;1-7-2-9-3-8(1)5-10(4-7)11-6-9;10-8-9(6-7-11-8)4-2-1-3-5-9;9-8-6-2-5-1-4(6)3-7(5)10-8;8-7-5-1-3-6(9-7)4-2-5;8-7-6-3-1-2-5(6)4-9-7;8-7-4-5-2-1-3-6(5)9-7;7-6-3-5-4(9-6)1-2-8-5;10*1-2/h7-8H,1-6H2;7-10H,1-6H2;1-7H2;4-7H,1-3H2;3*5-6H,1-4H2;4-5H,1-3H2;10*1-2H3. The van der Waals surface area contributed by atoms with Gasteiger partial charge in [0.15, 0.2) is 0 Å². The first-order valence-corrected chi connectivity index (χ1v) is 42.4. The first-order valence-electron chi connectivity index (χ1n) is 42.4. The van der Waals surface area contributed by atoms with Gasteiger partial charge < -0.3 is 42.6 Å². The summed E-state index contributed by atoms with van der Waals surface area (Å²) in [6.45, 7) is 43.9. The number of fused-ring (bicyclic) bond motifs is 11. The van der Waals surface area contributed by atoms with Crippen LogP contribution in [0.4, 0.5) is 0 Å². The summed E-state index contributed by atoms with van der Waals surface area (Å²) in [5.74, 6) is 8.31. The summed E-state index contributed by atoms with van der Waals surface area (Å²) in [7, 11) is 0. The molecule has 22 rings (SSSR count). The Morgan fingerprint density at radius 2 is 0.910 bits per heavy atom. The molecule has 0 amide bonds. The molecule has 16 nitrogen and oxygen atoms in total. The van der Waals surface area contributed by atoms with Crippen LogP contribution in [0.5, 0.6) is 0 Å². The van der Waals surface area contributed by atoms with Crippen molar-refractivity contribution in [2.45, 2.75) is 381 Å². The van der Waals surface area contributed by atoms with Gasteiger partial charge in [-0.15, -0.1) is 0 Å². The lowest BCUT2D eigenvalue weighted by Gasteiger charge is -2.36. The Hall–Kier alpha value is -3.79. The molecule has 12 bridgehead atoms. The van der Waals surface area contributed by atoms with Gasteiger partial charge >= 0.3 is 41.8 Å². The average Bonchev–Trinajstić information content (AvgIpc) is 1.60. The van der Waals surface area contributed by atoms with Crippen molar-refractivity contribution in [1.29, 1.82) is 0 Å². The van der Waals surface area contributed by atoms with Crippen LogP contribution in [0.15, 0.2) is 0 Å². The zero-order chi connectivity index (χ0) is 75.0. The van der Waals surface area contributed by atoms with E-state index in [1.54, 1.807) is 0 Å². The van der Waals surface area contributed by atoms with Crippen LogP contribution >= 0.6 is 0 Å². The van der Waals surface area contributed by atoms with Crippen molar-refractivity contribution < 1.29 is 76.2 Å². The zero-order valence-corrected chi connectivity index (χ0v) is 67.6. The van der Waals surface area contributed by atoms with Crippen LogP contribution in [0.1, 0.15) is 344 Å². The third kappa shape index (κ3) is 25.8. The summed E-state index contributed by atoms with van der Waals surface area (Å²) >= 11 is 0. The highest BCUT2D eigenvalue weighted by Gasteiger charge is 2.59. The van der Waals surface area contributed by atoms with E-state index < -0.39 is 0 Å². The van der Waals surface area contributed by atoms with Crippen LogP contribution in [0.2, 0.25) is 0 Å². The molecule has 0 aromatic rings. The number of carbonyl (C=O) groups excluding carboxylic acids is 7. The Balaban J connectivity index is 0.000000375. The largest absolute Gasteiger partial charge is 0.465 e. The third-order valence-corrected chi connectivity index (χ3v) is 23.1. The van der Waals surface area contributed by atoms with Crippen LogP contribution in [0.25, 0.3) is 0 Å². The second-order valence-electron chi connectivity index (χ2n) is 28.1. The molecule has 10 aliphatic carbocycles. The third-order valence-electron chi connectivity index (χ3n) is 23.1. The monoisotopic (exact) mass is 1420 g/mol. The Morgan fingerprint density at radius 1 is 0.320 bits per heavy atom. The minimum Gasteiger partial charge on any atom is -0.465 e. The normalized spacial score (nSPS) is 36.1. The van der Waals surface area contributed by atoms with E-state index in [2.05, 4.69) is 0 Å². The Morgan fingerprint density at radius 3 is 1.39 bits per heavy atom. The van der Waals surface area contributed by atoms with Crippen molar-refractivity contribution in [3.05, 3.63) is 0 Å². The number of carbonyl (C=O) groups is 7. The highest BCUT2D eigenvalue weighted by molar-refractivity contribution is 5.80. The van der Waals surface area contributed by atoms with E-state index in [1.165, 1.54) is 109 Å². The molecular weight excluding hydrogens is 1260 g/mol. The molecule has 0 aromatic heterocycles. The molecule has 15 atom stereocenters. The minimum atomic E-state index is -0.107. The molecule has 12 saturated heterocycles. The molecule has 100 heavy (non-hydrogen) atoms. The first kappa shape index (κ1) is 92.3. The number of ether oxygens (including phenoxy) is 9. The van der Waals surface area contributed by atoms with Crippen molar-refractivity contribution in [2.24, 2.45) is 81.8 Å². The summed E-state index contributed by atoms with van der Waals surface area (Å²) in [5.41, 5.74) is -0.0266. The van der Waals surface area contributed by atoms with E-state index >= 15 is 0 Å². The molecule has 22 fully saturated rings. The molecule has 0 radical (unpaired) electrons. The van der Waals surface area contributed by atoms with E-state index in [-0.39, 0.29) is 82.8 Å². The zero-order valence-electron chi connectivity index (χ0n) is 67.6.